The first-order valence-electron chi connectivity index (χ1n) is 6.11. The fourth-order valence-corrected chi connectivity index (χ4v) is 3.18. The minimum atomic E-state index is -3.79. The second-order valence-corrected chi connectivity index (χ2v) is 6.62. The standard InChI is InChI=1S/C14H14ClFN2O2S/c1-9-6-11(3-5-14(9)16)18-21(19,20)12-4-2-10(8-17)13(15)7-12/h2-7,18H,8,17H2,1H3. The summed E-state index contributed by atoms with van der Waals surface area (Å²) in [6.45, 7) is 1.78. The highest BCUT2D eigenvalue weighted by atomic mass is 35.5. The van der Waals surface area contributed by atoms with Crippen LogP contribution in [0.1, 0.15) is 11.1 Å². The van der Waals surface area contributed by atoms with Gasteiger partial charge in [0.15, 0.2) is 0 Å². The van der Waals surface area contributed by atoms with Gasteiger partial charge in [0.25, 0.3) is 10.0 Å². The number of halogens is 2. The molecule has 0 heterocycles. The second kappa shape index (κ2) is 6.01. The lowest BCUT2D eigenvalue weighted by Gasteiger charge is -2.10. The fourth-order valence-electron chi connectivity index (χ4n) is 1.78. The molecular weight excluding hydrogens is 315 g/mol. The molecule has 0 amide bonds. The quantitative estimate of drug-likeness (QED) is 0.906. The van der Waals surface area contributed by atoms with Gasteiger partial charge >= 0.3 is 0 Å². The minimum absolute atomic E-state index is 0.0201. The van der Waals surface area contributed by atoms with Crippen molar-refractivity contribution in [2.45, 2.75) is 18.4 Å². The van der Waals surface area contributed by atoms with Crippen LogP contribution in [0.15, 0.2) is 41.3 Å². The zero-order chi connectivity index (χ0) is 15.6. The van der Waals surface area contributed by atoms with Crippen LogP contribution in [0.5, 0.6) is 0 Å². The van der Waals surface area contributed by atoms with Gasteiger partial charge in [-0.3, -0.25) is 4.72 Å². The van der Waals surface area contributed by atoms with Crippen LogP contribution < -0.4 is 10.5 Å². The van der Waals surface area contributed by atoms with Crippen molar-refractivity contribution in [3.63, 3.8) is 0 Å². The van der Waals surface area contributed by atoms with Crippen LogP contribution in [0.3, 0.4) is 0 Å². The van der Waals surface area contributed by atoms with Gasteiger partial charge in [0.05, 0.1) is 4.90 Å². The first kappa shape index (κ1) is 15.8. The van der Waals surface area contributed by atoms with Gasteiger partial charge in [0, 0.05) is 17.3 Å². The summed E-state index contributed by atoms with van der Waals surface area (Å²) in [5.41, 5.74) is 6.78. The van der Waals surface area contributed by atoms with Gasteiger partial charge in [-0.25, -0.2) is 12.8 Å². The molecule has 21 heavy (non-hydrogen) atoms. The van der Waals surface area contributed by atoms with Crippen LogP contribution in [0.2, 0.25) is 5.02 Å². The minimum Gasteiger partial charge on any atom is -0.326 e. The third-order valence-electron chi connectivity index (χ3n) is 2.96. The van der Waals surface area contributed by atoms with Crippen LogP contribution in [0, 0.1) is 12.7 Å². The predicted octanol–water partition coefficient (Wildman–Crippen LogP) is 3.05. The Morgan fingerprint density at radius 3 is 2.52 bits per heavy atom. The summed E-state index contributed by atoms with van der Waals surface area (Å²) in [5, 5.41) is 0.288. The molecule has 3 N–H and O–H groups in total. The highest BCUT2D eigenvalue weighted by Gasteiger charge is 2.16. The molecule has 7 heteroatoms. The van der Waals surface area contributed by atoms with Crippen LogP contribution in [-0.4, -0.2) is 8.42 Å². The summed E-state index contributed by atoms with van der Waals surface area (Å²) in [7, 11) is -3.79. The highest BCUT2D eigenvalue weighted by molar-refractivity contribution is 7.92. The summed E-state index contributed by atoms with van der Waals surface area (Å²) in [6.07, 6.45) is 0. The molecular formula is C14H14ClFN2O2S. The number of hydrogen-bond acceptors (Lipinski definition) is 3. The van der Waals surface area contributed by atoms with E-state index in [4.69, 9.17) is 17.3 Å². The van der Waals surface area contributed by atoms with Gasteiger partial charge in [-0.1, -0.05) is 17.7 Å². The molecule has 0 aliphatic carbocycles. The lowest BCUT2D eigenvalue weighted by molar-refractivity contribution is 0.600. The number of nitrogens with one attached hydrogen (secondary N) is 1. The molecule has 0 aliphatic rings. The first-order valence-corrected chi connectivity index (χ1v) is 7.97. The van der Waals surface area contributed by atoms with E-state index in [2.05, 4.69) is 4.72 Å². The van der Waals surface area contributed by atoms with Gasteiger partial charge in [-0.2, -0.15) is 0 Å². The van der Waals surface area contributed by atoms with Gasteiger partial charge < -0.3 is 5.73 Å². The Bertz CT molecular complexity index is 779. The molecule has 0 fully saturated rings. The molecule has 2 rings (SSSR count). The number of rotatable bonds is 4. The first-order chi connectivity index (χ1) is 9.83. The van der Waals surface area contributed by atoms with Crippen molar-refractivity contribution in [3.05, 3.63) is 58.4 Å². The zero-order valence-electron chi connectivity index (χ0n) is 11.2. The Morgan fingerprint density at radius 2 is 1.95 bits per heavy atom. The van der Waals surface area contributed by atoms with Gasteiger partial charge in [-0.05, 0) is 48.4 Å². The molecule has 0 unspecified atom stereocenters. The smallest absolute Gasteiger partial charge is 0.261 e. The van der Waals surface area contributed by atoms with Crippen LogP contribution in [0.25, 0.3) is 0 Å². The number of nitrogens with two attached hydrogens (primary N) is 1. The van der Waals surface area contributed by atoms with Gasteiger partial charge in [0.1, 0.15) is 5.82 Å². The van der Waals surface area contributed by atoms with Crippen molar-refractivity contribution < 1.29 is 12.8 Å². The van der Waals surface area contributed by atoms with Crippen LogP contribution in [-0.2, 0) is 16.6 Å². The lowest BCUT2D eigenvalue weighted by atomic mass is 10.2. The van der Waals surface area contributed by atoms with Crippen molar-refractivity contribution in [2.24, 2.45) is 5.73 Å². The van der Waals surface area contributed by atoms with E-state index in [1.54, 1.807) is 13.0 Å². The summed E-state index contributed by atoms with van der Waals surface area (Å²) >= 11 is 5.96. The SMILES string of the molecule is Cc1cc(NS(=O)(=O)c2ccc(CN)c(Cl)c2)ccc1F. The number of anilines is 1. The van der Waals surface area contributed by atoms with Crippen molar-refractivity contribution >= 4 is 27.3 Å². The van der Waals surface area contributed by atoms with Crippen LogP contribution in [0.4, 0.5) is 10.1 Å². The number of hydrogen-bond donors (Lipinski definition) is 2. The molecule has 0 aliphatic heterocycles. The number of benzene rings is 2. The van der Waals surface area contributed by atoms with Crippen molar-refractivity contribution in [3.8, 4) is 0 Å². The molecule has 0 radical (unpaired) electrons. The fraction of sp³-hybridized carbons (Fsp3) is 0.143. The summed E-state index contributed by atoms with van der Waals surface area (Å²) < 4.78 is 40.1. The third kappa shape index (κ3) is 3.53. The molecule has 2 aromatic carbocycles. The number of sulfonamides is 1. The summed E-state index contributed by atoms with van der Waals surface area (Å²) in [4.78, 5) is 0.0201. The van der Waals surface area contributed by atoms with Crippen molar-refractivity contribution in [1.82, 2.24) is 0 Å². The average molecular weight is 329 g/mol. The molecule has 0 saturated carbocycles. The third-order valence-corrected chi connectivity index (χ3v) is 4.70. The monoisotopic (exact) mass is 328 g/mol. The van der Waals surface area contributed by atoms with Gasteiger partial charge in [-0.15, -0.1) is 0 Å². The maximum absolute atomic E-state index is 13.2. The van der Waals surface area contributed by atoms with E-state index in [0.29, 0.717) is 11.1 Å². The molecule has 0 aromatic heterocycles. The molecule has 0 atom stereocenters. The van der Waals surface area contributed by atoms with Crippen molar-refractivity contribution in [2.75, 3.05) is 4.72 Å². The predicted molar refractivity (Wildman–Crippen MR) is 81.3 cm³/mol. The Labute approximate surface area is 127 Å². The van der Waals surface area contributed by atoms with E-state index < -0.39 is 15.8 Å². The molecule has 0 spiro atoms. The highest BCUT2D eigenvalue weighted by Crippen LogP contribution is 2.23. The Kier molecular flexibility index (Phi) is 4.51. The molecule has 2 aromatic rings. The Morgan fingerprint density at radius 1 is 1.24 bits per heavy atom. The Hall–Kier alpha value is -1.63. The average Bonchev–Trinajstić information content (AvgIpc) is 2.42. The van der Waals surface area contributed by atoms with E-state index in [0.717, 1.165) is 0 Å². The molecule has 4 nitrogen and oxygen atoms in total. The van der Waals surface area contributed by atoms with E-state index in [-0.39, 0.29) is 22.2 Å². The van der Waals surface area contributed by atoms with E-state index in [1.165, 1.54) is 30.3 Å². The topological polar surface area (TPSA) is 72.2 Å². The largest absolute Gasteiger partial charge is 0.326 e. The van der Waals surface area contributed by atoms with E-state index in [9.17, 15) is 12.8 Å². The molecule has 0 saturated heterocycles. The Balaban J connectivity index is 2.33. The van der Waals surface area contributed by atoms with E-state index in [1.807, 2.05) is 0 Å². The number of aryl methyl sites for hydroxylation is 1. The van der Waals surface area contributed by atoms with E-state index >= 15 is 0 Å². The van der Waals surface area contributed by atoms with Crippen molar-refractivity contribution in [1.29, 1.82) is 0 Å². The van der Waals surface area contributed by atoms with Crippen LogP contribution >= 0.6 is 11.6 Å². The molecule has 112 valence electrons. The maximum atomic E-state index is 13.2. The maximum Gasteiger partial charge on any atom is 0.261 e. The zero-order valence-corrected chi connectivity index (χ0v) is 12.8. The molecule has 0 bridgehead atoms. The normalized spacial score (nSPS) is 11.4. The summed E-state index contributed by atoms with van der Waals surface area (Å²) in [6, 6.07) is 8.30. The lowest BCUT2D eigenvalue weighted by Crippen LogP contribution is -2.13. The summed E-state index contributed by atoms with van der Waals surface area (Å²) in [5.74, 6) is -0.395. The van der Waals surface area contributed by atoms with Gasteiger partial charge in [0.2, 0.25) is 0 Å². The second-order valence-electron chi connectivity index (χ2n) is 4.53.